The van der Waals surface area contributed by atoms with Crippen molar-refractivity contribution in [2.45, 2.75) is 6.54 Å². The second-order valence-electron chi connectivity index (χ2n) is 3.47. The molecule has 1 aliphatic rings. The number of hydrogen-bond donors (Lipinski definition) is 1. The van der Waals surface area contributed by atoms with Gasteiger partial charge in [0.25, 0.3) is 0 Å². The van der Waals surface area contributed by atoms with Gasteiger partial charge in [0.2, 0.25) is 0 Å². The van der Waals surface area contributed by atoms with Crippen LogP contribution in [0.1, 0.15) is 5.56 Å². The molecule has 0 bridgehead atoms. The molecule has 1 saturated heterocycles. The minimum atomic E-state index is 0. The molecule has 16 heavy (non-hydrogen) atoms. The van der Waals surface area contributed by atoms with Gasteiger partial charge < -0.3 is 15.4 Å². The SMILES string of the molecule is Cl.Cl.NCc1cccc(N2CCOCC2)c1. The van der Waals surface area contributed by atoms with Gasteiger partial charge in [0.1, 0.15) is 0 Å². The zero-order valence-electron chi connectivity index (χ0n) is 9.09. The molecular formula is C11H18Cl2N2O. The van der Waals surface area contributed by atoms with Crippen LogP contribution in [-0.2, 0) is 11.3 Å². The van der Waals surface area contributed by atoms with E-state index in [-0.39, 0.29) is 24.8 Å². The van der Waals surface area contributed by atoms with E-state index in [9.17, 15) is 0 Å². The molecule has 0 atom stereocenters. The number of benzene rings is 1. The molecule has 0 saturated carbocycles. The summed E-state index contributed by atoms with van der Waals surface area (Å²) in [6.45, 7) is 4.22. The second-order valence-corrected chi connectivity index (χ2v) is 3.47. The molecule has 2 rings (SSSR count). The van der Waals surface area contributed by atoms with Crippen molar-refractivity contribution >= 4 is 30.5 Å². The first-order valence-electron chi connectivity index (χ1n) is 5.02. The maximum Gasteiger partial charge on any atom is 0.0642 e. The van der Waals surface area contributed by atoms with Gasteiger partial charge in [-0.2, -0.15) is 0 Å². The van der Waals surface area contributed by atoms with E-state index in [1.165, 1.54) is 11.3 Å². The minimum Gasteiger partial charge on any atom is -0.378 e. The number of halogens is 2. The molecule has 0 amide bonds. The zero-order valence-corrected chi connectivity index (χ0v) is 10.7. The van der Waals surface area contributed by atoms with E-state index >= 15 is 0 Å². The molecule has 1 aromatic carbocycles. The molecule has 92 valence electrons. The topological polar surface area (TPSA) is 38.5 Å². The van der Waals surface area contributed by atoms with Crippen LogP contribution in [0.15, 0.2) is 24.3 Å². The summed E-state index contributed by atoms with van der Waals surface area (Å²) in [7, 11) is 0. The van der Waals surface area contributed by atoms with E-state index in [1.54, 1.807) is 0 Å². The first-order chi connectivity index (χ1) is 6.90. The van der Waals surface area contributed by atoms with Gasteiger partial charge >= 0.3 is 0 Å². The van der Waals surface area contributed by atoms with Crippen molar-refractivity contribution in [3.63, 3.8) is 0 Å². The highest BCUT2D eigenvalue weighted by Crippen LogP contribution is 2.16. The average Bonchev–Trinajstić information content (AvgIpc) is 2.30. The van der Waals surface area contributed by atoms with Gasteiger partial charge in [-0.3, -0.25) is 0 Å². The van der Waals surface area contributed by atoms with Crippen LogP contribution in [0.4, 0.5) is 5.69 Å². The Hall–Kier alpha value is -0.480. The standard InChI is InChI=1S/C11H16N2O.2ClH/c12-9-10-2-1-3-11(8-10)13-4-6-14-7-5-13;;/h1-3,8H,4-7,9,12H2;2*1H. The van der Waals surface area contributed by atoms with Crippen molar-refractivity contribution in [2.75, 3.05) is 31.2 Å². The first-order valence-corrected chi connectivity index (χ1v) is 5.02. The Morgan fingerprint density at radius 2 is 1.88 bits per heavy atom. The fraction of sp³-hybridized carbons (Fsp3) is 0.455. The van der Waals surface area contributed by atoms with Gasteiger partial charge in [-0.1, -0.05) is 12.1 Å². The normalized spacial score (nSPS) is 14.9. The third-order valence-electron chi connectivity index (χ3n) is 2.52. The highest BCUT2D eigenvalue weighted by Gasteiger charge is 2.10. The first kappa shape index (κ1) is 15.5. The van der Waals surface area contributed by atoms with E-state index in [4.69, 9.17) is 10.5 Å². The van der Waals surface area contributed by atoms with E-state index < -0.39 is 0 Å². The molecule has 1 aromatic rings. The predicted molar refractivity (Wildman–Crippen MR) is 71.9 cm³/mol. The number of nitrogens with zero attached hydrogens (tertiary/aromatic N) is 1. The van der Waals surface area contributed by atoms with Crippen molar-refractivity contribution < 1.29 is 4.74 Å². The number of ether oxygens (including phenoxy) is 1. The van der Waals surface area contributed by atoms with Gasteiger partial charge in [0.05, 0.1) is 13.2 Å². The fourth-order valence-electron chi connectivity index (χ4n) is 1.70. The van der Waals surface area contributed by atoms with Crippen LogP contribution >= 0.6 is 24.8 Å². The van der Waals surface area contributed by atoms with Crippen LogP contribution in [0, 0.1) is 0 Å². The molecular weight excluding hydrogens is 247 g/mol. The summed E-state index contributed by atoms with van der Waals surface area (Å²) in [6.07, 6.45) is 0. The van der Waals surface area contributed by atoms with Crippen molar-refractivity contribution in [2.24, 2.45) is 5.73 Å². The van der Waals surface area contributed by atoms with Crippen LogP contribution in [0.2, 0.25) is 0 Å². The number of rotatable bonds is 2. The summed E-state index contributed by atoms with van der Waals surface area (Å²) in [4.78, 5) is 2.34. The lowest BCUT2D eigenvalue weighted by Gasteiger charge is -2.29. The van der Waals surface area contributed by atoms with Crippen molar-refractivity contribution in [1.82, 2.24) is 0 Å². The highest BCUT2D eigenvalue weighted by molar-refractivity contribution is 5.85. The molecule has 0 aromatic heterocycles. The lowest BCUT2D eigenvalue weighted by atomic mass is 10.2. The van der Waals surface area contributed by atoms with Crippen molar-refractivity contribution in [3.05, 3.63) is 29.8 Å². The monoisotopic (exact) mass is 264 g/mol. The Labute approximate surface area is 109 Å². The van der Waals surface area contributed by atoms with Crippen LogP contribution in [-0.4, -0.2) is 26.3 Å². The Morgan fingerprint density at radius 1 is 1.19 bits per heavy atom. The fourth-order valence-corrected chi connectivity index (χ4v) is 1.70. The maximum absolute atomic E-state index is 5.61. The van der Waals surface area contributed by atoms with E-state index in [2.05, 4.69) is 29.2 Å². The molecule has 1 aliphatic heterocycles. The second kappa shape index (κ2) is 7.74. The molecule has 0 unspecified atom stereocenters. The van der Waals surface area contributed by atoms with Crippen LogP contribution in [0.5, 0.6) is 0 Å². The van der Waals surface area contributed by atoms with Gasteiger partial charge in [-0.05, 0) is 17.7 Å². The van der Waals surface area contributed by atoms with E-state index in [1.807, 2.05) is 0 Å². The quantitative estimate of drug-likeness (QED) is 0.886. The molecule has 2 N–H and O–H groups in total. The molecule has 3 nitrogen and oxygen atoms in total. The van der Waals surface area contributed by atoms with Crippen molar-refractivity contribution in [1.29, 1.82) is 0 Å². The predicted octanol–water partition coefficient (Wildman–Crippen LogP) is 1.83. The molecule has 1 fully saturated rings. The van der Waals surface area contributed by atoms with Gasteiger partial charge in [-0.25, -0.2) is 0 Å². The van der Waals surface area contributed by atoms with Gasteiger partial charge in [0, 0.05) is 25.3 Å². The Morgan fingerprint density at radius 3 is 2.50 bits per heavy atom. The smallest absolute Gasteiger partial charge is 0.0642 e. The summed E-state index contributed by atoms with van der Waals surface area (Å²) in [6, 6.07) is 8.41. The van der Waals surface area contributed by atoms with Crippen LogP contribution < -0.4 is 10.6 Å². The molecule has 1 heterocycles. The highest BCUT2D eigenvalue weighted by atomic mass is 35.5. The lowest BCUT2D eigenvalue weighted by molar-refractivity contribution is 0.122. The van der Waals surface area contributed by atoms with E-state index in [0.29, 0.717) is 6.54 Å². The number of anilines is 1. The number of morpholine rings is 1. The summed E-state index contributed by atoms with van der Waals surface area (Å²) in [5, 5.41) is 0. The Kier molecular flexibility index (Phi) is 7.51. The third kappa shape index (κ3) is 3.83. The summed E-state index contributed by atoms with van der Waals surface area (Å²) < 4.78 is 5.31. The Balaban J connectivity index is 0.00000112. The number of nitrogens with two attached hydrogens (primary N) is 1. The molecule has 0 spiro atoms. The summed E-state index contributed by atoms with van der Waals surface area (Å²) in [5.41, 5.74) is 8.05. The van der Waals surface area contributed by atoms with Gasteiger partial charge in [-0.15, -0.1) is 24.8 Å². The minimum absolute atomic E-state index is 0. The number of hydrogen-bond acceptors (Lipinski definition) is 3. The largest absolute Gasteiger partial charge is 0.378 e. The molecule has 0 radical (unpaired) electrons. The van der Waals surface area contributed by atoms with Crippen LogP contribution in [0.3, 0.4) is 0 Å². The molecule has 5 heteroatoms. The average molecular weight is 265 g/mol. The van der Waals surface area contributed by atoms with Crippen molar-refractivity contribution in [3.8, 4) is 0 Å². The molecule has 0 aliphatic carbocycles. The Bertz CT molecular complexity index is 304. The summed E-state index contributed by atoms with van der Waals surface area (Å²) >= 11 is 0. The van der Waals surface area contributed by atoms with Gasteiger partial charge in [0.15, 0.2) is 0 Å². The van der Waals surface area contributed by atoms with Crippen LogP contribution in [0.25, 0.3) is 0 Å². The zero-order chi connectivity index (χ0) is 9.80. The maximum atomic E-state index is 5.61. The lowest BCUT2D eigenvalue weighted by Crippen LogP contribution is -2.36. The summed E-state index contributed by atoms with van der Waals surface area (Å²) in [5.74, 6) is 0. The van der Waals surface area contributed by atoms with E-state index in [0.717, 1.165) is 26.3 Å². The third-order valence-corrected chi connectivity index (χ3v) is 2.52.